The van der Waals surface area contributed by atoms with Crippen molar-refractivity contribution in [3.05, 3.63) is 47.9 Å². The van der Waals surface area contributed by atoms with Crippen LogP contribution in [0.5, 0.6) is 5.75 Å². The zero-order chi connectivity index (χ0) is 23.2. The quantitative estimate of drug-likeness (QED) is 0.605. The van der Waals surface area contributed by atoms with Gasteiger partial charge in [-0.05, 0) is 55.2 Å². The maximum absolute atomic E-state index is 6.62. The molecule has 174 valence electrons. The van der Waals surface area contributed by atoms with Crippen molar-refractivity contribution in [2.24, 2.45) is 5.73 Å². The van der Waals surface area contributed by atoms with Crippen LogP contribution in [-0.4, -0.2) is 34.1 Å². The van der Waals surface area contributed by atoms with Gasteiger partial charge in [0, 0.05) is 24.2 Å². The Kier molecular flexibility index (Phi) is 5.48. The van der Waals surface area contributed by atoms with E-state index in [2.05, 4.69) is 52.9 Å². The Morgan fingerprint density at radius 1 is 1.15 bits per heavy atom. The van der Waals surface area contributed by atoms with Gasteiger partial charge in [0.25, 0.3) is 0 Å². The molecule has 8 nitrogen and oxygen atoms in total. The Morgan fingerprint density at radius 3 is 2.67 bits per heavy atom. The molecule has 8 heteroatoms. The van der Waals surface area contributed by atoms with Crippen molar-refractivity contribution in [2.75, 3.05) is 17.7 Å². The number of nitrogen functional groups attached to an aromatic ring is 1. The average molecular weight is 449 g/mol. The van der Waals surface area contributed by atoms with Crippen LogP contribution < -0.4 is 21.1 Å². The zero-order valence-corrected chi connectivity index (χ0v) is 19.5. The van der Waals surface area contributed by atoms with Gasteiger partial charge in [-0.1, -0.05) is 13.8 Å². The SMILES string of the molecule is CN(Cc1cocn1)c1c(O[C@H]2CC[C@H](N)CC2)ccc2c1CC(C)(C)c1c(N)ncnc1-2. The van der Waals surface area contributed by atoms with E-state index < -0.39 is 0 Å². The molecule has 0 radical (unpaired) electrons. The molecule has 0 bridgehead atoms. The largest absolute Gasteiger partial charge is 0.488 e. The summed E-state index contributed by atoms with van der Waals surface area (Å²) in [6, 6.07) is 4.47. The summed E-state index contributed by atoms with van der Waals surface area (Å²) < 4.78 is 11.8. The van der Waals surface area contributed by atoms with E-state index in [4.69, 9.17) is 20.6 Å². The maximum Gasteiger partial charge on any atom is 0.180 e. The molecule has 0 unspecified atom stereocenters. The van der Waals surface area contributed by atoms with Crippen LogP contribution >= 0.6 is 0 Å². The van der Waals surface area contributed by atoms with Crippen LogP contribution in [0.2, 0.25) is 0 Å². The third-order valence-electron chi connectivity index (χ3n) is 6.95. The first-order valence-corrected chi connectivity index (χ1v) is 11.6. The number of rotatable bonds is 5. The first-order chi connectivity index (χ1) is 15.8. The minimum Gasteiger partial charge on any atom is -0.488 e. The number of nitrogens with two attached hydrogens (primary N) is 2. The lowest BCUT2D eigenvalue weighted by atomic mass is 9.71. The number of anilines is 2. The Bertz CT molecular complexity index is 1140. The minimum atomic E-state index is -0.215. The lowest BCUT2D eigenvalue weighted by Gasteiger charge is -2.37. The Labute approximate surface area is 194 Å². The van der Waals surface area contributed by atoms with Crippen molar-refractivity contribution in [1.29, 1.82) is 0 Å². The fourth-order valence-corrected chi connectivity index (χ4v) is 5.35. The summed E-state index contributed by atoms with van der Waals surface area (Å²) in [5, 5.41) is 0. The van der Waals surface area contributed by atoms with Crippen molar-refractivity contribution in [1.82, 2.24) is 15.0 Å². The molecule has 0 saturated heterocycles. The van der Waals surface area contributed by atoms with Gasteiger partial charge in [0.1, 0.15) is 24.2 Å². The second kappa shape index (κ2) is 8.33. The van der Waals surface area contributed by atoms with E-state index in [9.17, 15) is 0 Å². The normalized spacial score (nSPS) is 21.2. The van der Waals surface area contributed by atoms with Gasteiger partial charge in [0.05, 0.1) is 29.7 Å². The van der Waals surface area contributed by atoms with Gasteiger partial charge in [-0.15, -0.1) is 0 Å². The van der Waals surface area contributed by atoms with Gasteiger partial charge in [0.2, 0.25) is 0 Å². The standard InChI is InChI=1S/C25H32N6O2/c1-25(2)10-19-18(22-21(25)24(27)29-13-28-22)8-9-20(33-17-6-4-15(26)5-7-17)23(19)31(3)11-16-12-32-14-30-16/h8-9,12-15,17H,4-7,10-11,26H2,1-3H3,(H2,27,28,29)/t15-,17-. The van der Waals surface area contributed by atoms with E-state index in [-0.39, 0.29) is 17.6 Å². The molecule has 2 aliphatic rings. The third kappa shape index (κ3) is 4.04. The summed E-state index contributed by atoms with van der Waals surface area (Å²) in [4.78, 5) is 15.5. The van der Waals surface area contributed by atoms with E-state index >= 15 is 0 Å². The van der Waals surface area contributed by atoms with Gasteiger partial charge >= 0.3 is 0 Å². The van der Waals surface area contributed by atoms with Gasteiger partial charge < -0.3 is 25.5 Å². The molecule has 1 fully saturated rings. The van der Waals surface area contributed by atoms with Crippen LogP contribution in [0.15, 0.2) is 35.5 Å². The number of hydrogen-bond acceptors (Lipinski definition) is 8. The monoisotopic (exact) mass is 448 g/mol. The molecule has 0 spiro atoms. The average Bonchev–Trinajstić information content (AvgIpc) is 3.27. The van der Waals surface area contributed by atoms with Gasteiger partial charge in [0.15, 0.2) is 6.39 Å². The minimum absolute atomic E-state index is 0.170. The van der Waals surface area contributed by atoms with Crippen molar-refractivity contribution < 1.29 is 9.15 Å². The fourth-order valence-electron chi connectivity index (χ4n) is 5.35. The first-order valence-electron chi connectivity index (χ1n) is 11.6. The molecule has 4 N–H and O–H groups in total. The molecule has 33 heavy (non-hydrogen) atoms. The Morgan fingerprint density at radius 2 is 1.94 bits per heavy atom. The number of ether oxygens (including phenoxy) is 1. The Balaban J connectivity index is 1.61. The van der Waals surface area contributed by atoms with Crippen LogP contribution in [0.3, 0.4) is 0 Å². The number of benzene rings is 1. The molecular weight excluding hydrogens is 416 g/mol. The van der Waals surface area contributed by atoms with E-state index in [0.29, 0.717) is 12.4 Å². The molecular formula is C25H32N6O2. The van der Waals surface area contributed by atoms with Gasteiger partial charge in [-0.3, -0.25) is 0 Å². The van der Waals surface area contributed by atoms with Crippen molar-refractivity contribution in [3.63, 3.8) is 0 Å². The van der Waals surface area contributed by atoms with Crippen molar-refractivity contribution in [2.45, 2.75) is 70.1 Å². The van der Waals surface area contributed by atoms with Crippen LogP contribution in [-0.2, 0) is 18.4 Å². The van der Waals surface area contributed by atoms with Crippen molar-refractivity contribution >= 4 is 11.5 Å². The molecule has 2 aromatic heterocycles. The van der Waals surface area contributed by atoms with E-state index in [1.807, 2.05) is 0 Å². The maximum atomic E-state index is 6.62. The lowest BCUT2D eigenvalue weighted by molar-refractivity contribution is 0.147. The number of hydrogen-bond donors (Lipinski definition) is 2. The molecule has 3 aromatic rings. The number of fused-ring (bicyclic) bond motifs is 3. The smallest absolute Gasteiger partial charge is 0.180 e. The highest BCUT2D eigenvalue weighted by Gasteiger charge is 2.37. The lowest BCUT2D eigenvalue weighted by Crippen LogP contribution is -2.33. The number of oxazole rings is 1. The first kappa shape index (κ1) is 21.7. The van der Waals surface area contributed by atoms with E-state index in [1.54, 1.807) is 12.6 Å². The highest BCUT2D eigenvalue weighted by Crippen LogP contribution is 2.49. The second-order valence-electron chi connectivity index (χ2n) is 9.97. The molecule has 0 aliphatic heterocycles. The second-order valence-corrected chi connectivity index (χ2v) is 9.97. The predicted octanol–water partition coefficient (Wildman–Crippen LogP) is 3.83. The summed E-state index contributed by atoms with van der Waals surface area (Å²) in [6.07, 6.45) is 9.61. The summed E-state index contributed by atoms with van der Waals surface area (Å²) in [7, 11) is 2.07. The highest BCUT2D eigenvalue weighted by molar-refractivity contribution is 5.83. The van der Waals surface area contributed by atoms with Crippen LogP contribution in [0.25, 0.3) is 11.3 Å². The number of nitrogens with zero attached hydrogens (tertiary/aromatic N) is 4. The summed E-state index contributed by atoms with van der Waals surface area (Å²) in [6.45, 7) is 5.01. The van der Waals surface area contributed by atoms with Gasteiger partial charge in [-0.2, -0.15) is 0 Å². The molecule has 5 rings (SSSR count). The summed E-state index contributed by atoms with van der Waals surface area (Å²) in [5.74, 6) is 1.44. The third-order valence-corrected chi connectivity index (χ3v) is 6.95. The molecule has 1 saturated carbocycles. The molecule has 2 aliphatic carbocycles. The van der Waals surface area contributed by atoms with Crippen LogP contribution in [0.1, 0.15) is 56.4 Å². The fraction of sp³-hybridized carbons (Fsp3) is 0.480. The summed E-state index contributed by atoms with van der Waals surface area (Å²) in [5.41, 5.74) is 18.4. The Hall–Kier alpha value is -3.13. The number of aromatic nitrogens is 3. The topological polar surface area (TPSA) is 116 Å². The molecule has 0 atom stereocenters. The van der Waals surface area contributed by atoms with E-state index in [1.165, 1.54) is 12.0 Å². The van der Waals surface area contributed by atoms with E-state index in [0.717, 1.165) is 66.1 Å². The van der Waals surface area contributed by atoms with Crippen LogP contribution in [0.4, 0.5) is 11.5 Å². The van der Waals surface area contributed by atoms with Gasteiger partial charge in [-0.25, -0.2) is 15.0 Å². The molecule has 2 heterocycles. The molecule has 1 aromatic carbocycles. The highest BCUT2D eigenvalue weighted by atomic mass is 16.5. The van der Waals surface area contributed by atoms with Crippen LogP contribution in [0, 0.1) is 0 Å². The molecule has 0 amide bonds. The summed E-state index contributed by atoms with van der Waals surface area (Å²) >= 11 is 0. The predicted molar refractivity (Wildman–Crippen MR) is 128 cm³/mol. The van der Waals surface area contributed by atoms with Crippen molar-refractivity contribution in [3.8, 4) is 17.0 Å². The zero-order valence-electron chi connectivity index (χ0n) is 19.5.